The van der Waals surface area contributed by atoms with Crippen LogP contribution in [-0.2, 0) is 0 Å². The van der Waals surface area contributed by atoms with Crippen molar-refractivity contribution in [3.63, 3.8) is 0 Å². The van der Waals surface area contributed by atoms with Crippen molar-refractivity contribution in [3.8, 4) is 11.5 Å². The molecule has 1 aliphatic rings. The lowest BCUT2D eigenvalue weighted by Gasteiger charge is -2.36. The number of fused-ring (bicyclic) bond motifs is 1. The van der Waals surface area contributed by atoms with E-state index in [0.29, 0.717) is 6.61 Å². The van der Waals surface area contributed by atoms with Crippen LogP contribution in [0.5, 0.6) is 11.5 Å². The first-order valence-corrected chi connectivity index (χ1v) is 6.42. The number of rotatable bonds is 3. The highest BCUT2D eigenvalue weighted by Gasteiger charge is 2.31. The molecule has 98 valence electrons. The van der Waals surface area contributed by atoms with E-state index in [0.717, 1.165) is 23.5 Å². The average molecular weight is 268 g/mol. The van der Waals surface area contributed by atoms with Gasteiger partial charge >= 0.3 is 0 Å². The molecule has 18 heavy (non-hydrogen) atoms. The monoisotopic (exact) mass is 267 g/mol. The van der Waals surface area contributed by atoms with Crippen LogP contribution in [0.4, 0.5) is 0 Å². The highest BCUT2D eigenvalue weighted by atomic mass is 35.5. The predicted octanol–water partition coefficient (Wildman–Crippen LogP) is 3.38. The Balaban J connectivity index is 2.20. The van der Waals surface area contributed by atoms with Gasteiger partial charge in [-0.2, -0.15) is 0 Å². The van der Waals surface area contributed by atoms with Crippen LogP contribution in [0.3, 0.4) is 0 Å². The number of ether oxygens (including phenoxy) is 2. The van der Waals surface area contributed by atoms with Gasteiger partial charge < -0.3 is 15.2 Å². The lowest BCUT2D eigenvalue weighted by Crippen LogP contribution is -2.37. The molecule has 3 nitrogen and oxygen atoms in total. The second-order valence-corrected chi connectivity index (χ2v) is 5.30. The molecule has 0 aliphatic carbocycles. The van der Waals surface area contributed by atoms with Crippen LogP contribution in [0.2, 0.25) is 0 Å². The zero-order valence-electron chi connectivity index (χ0n) is 10.7. The van der Waals surface area contributed by atoms with Gasteiger partial charge in [0, 0.05) is 29.6 Å². The van der Waals surface area contributed by atoms with E-state index in [1.165, 1.54) is 5.54 Å². The number of halogens is 1. The van der Waals surface area contributed by atoms with Gasteiger partial charge in [0.2, 0.25) is 0 Å². The molecule has 2 N–H and O–H groups in total. The van der Waals surface area contributed by atoms with Crippen molar-refractivity contribution in [1.82, 2.24) is 0 Å². The van der Waals surface area contributed by atoms with Crippen LogP contribution in [0, 0.1) is 0 Å². The molecule has 0 saturated carbocycles. The lowest BCUT2D eigenvalue weighted by molar-refractivity contribution is 0.0725. The third kappa shape index (κ3) is 2.98. The Kier molecular flexibility index (Phi) is 3.83. The topological polar surface area (TPSA) is 44.5 Å². The molecule has 1 heterocycles. The minimum Gasteiger partial charge on any atom is -0.489 e. The zero-order chi connectivity index (χ0) is 13.2. The Bertz CT molecular complexity index is 457. The third-order valence-corrected chi connectivity index (χ3v) is 3.10. The van der Waals surface area contributed by atoms with Crippen molar-refractivity contribution >= 4 is 11.6 Å². The van der Waals surface area contributed by atoms with Crippen molar-refractivity contribution in [3.05, 3.63) is 35.4 Å². The molecule has 1 aromatic rings. The standard InChI is InChI=1S/C14H18ClNO2/c1-14(2)9-12(16)11-5-4-10(8-13(11)18-14)17-7-3-6-15/h3-6,8,12H,7,9,16H2,1-2H3. The molecular weight excluding hydrogens is 250 g/mol. The van der Waals surface area contributed by atoms with E-state index in [2.05, 4.69) is 0 Å². The quantitative estimate of drug-likeness (QED) is 0.913. The van der Waals surface area contributed by atoms with Gasteiger partial charge in [-0.15, -0.1) is 0 Å². The minimum atomic E-state index is -0.235. The largest absolute Gasteiger partial charge is 0.489 e. The van der Waals surface area contributed by atoms with E-state index in [4.69, 9.17) is 26.8 Å². The molecule has 0 bridgehead atoms. The fourth-order valence-electron chi connectivity index (χ4n) is 2.16. The van der Waals surface area contributed by atoms with Gasteiger partial charge in [-0.3, -0.25) is 0 Å². The van der Waals surface area contributed by atoms with Crippen LogP contribution in [0.1, 0.15) is 31.9 Å². The summed E-state index contributed by atoms with van der Waals surface area (Å²) in [6, 6.07) is 5.77. The average Bonchev–Trinajstić information content (AvgIpc) is 2.27. The summed E-state index contributed by atoms with van der Waals surface area (Å²) >= 11 is 5.44. The fourth-order valence-corrected chi connectivity index (χ4v) is 2.23. The van der Waals surface area contributed by atoms with Gasteiger partial charge in [0.05, 0.1) is 0 Å². The molecule has 0 fully saturated rings. The lowest BCUT2D eigenvalue weighted by atomic mass is 9.90. The zero-order valence-corrected chi connectivity index (χ0v) is 11.4. The van der Waals surface area contributed by atoms with Crippen molar-refractivity contribution in [2.45, 2.75) is 31.9 Å². The van der Waals surface area contributed by atoms with Gasteiger partial charge in [-0.25, -0.2) is 0 Å². The van der Waals surface area contributed by atoms with Crippen LogP contribution in [-0.4, -0.2) is 12.2 Å². The van der Waals surface area contributed by atoms with Crippen molar-refractivity contribution in [2.24, 2.45) is 5.73 Å². The van der Waals surface area contributed by atoms with Crippen LogP contribution < -0.4 is 15.2 Å². The Morgan fingerprint density at radius 1 is 1.56 bits per heavy atom. The number of benzene rings is 1. The first kappa shape index (κ1) is 13.2. The Hall–Kier alpha value is -1.19. The molecule has 0 aromatic heterocycles. The van der Waals surface area contributed by atoms with Gasteiger partial charge in [-0.05, 0) is 26.0 Å². The van der Waals surface area contributed by atoms with Crippen molar-refractivity contribution in [2.75, 3.05) is 6.61 Å². The molecule has 0 radical (unpaired) electrons. The fraction of sp³-hybridized carbons (Fsp3) is 0.429. The Labute approximate surface area is 113 Å². The maximum Gasteiger partial charge on any atom is 0.128 e. The molecule has 0 amide bonds. The summed E-state index contributed by atoms with van der Waals surface area (Å²) in [5.41, 5.74) is 8.38. The molecule has 0 spiro atoms. The molecule has 2 rings (SSSR count). The number of hydrogen-bond donors (Lipinski definition) is 1. The molecule has 4 heteroatoms. The van der Waals surface area contributed by atoms with Crippen molar-refractivity contribution < 1.29 is 9.47 Å². The summed E-state index contributed by atoms with van der Waals surface area (Å²) < 4.78 is 11.5. The summed E-state index contributed by atoms with van der Waals surface area (Å²) in [7, 11) is 0. The third-order valence-electron chi connectivity index (χ3n) is 2.92. The van der Waals surface area contributed by atoms with Gasteiger partial charge in [0.15, 0.2) is 0 Å². The predicted molar refractivity (Wildman–Crippen MR) is 73.2 cm³/mol. The smallest absolute Gasteiger partial charge is 0.128 e. The van der Waals surface area contributed by atoms with Crippen LogP contribution in [0.25, 0.3) is 0 Å². The maximum absolute atomic E-state index is 6.14. The van der Waals surface area contributed by atoms with Gasteiger partial charge in [0.25, 0.3) is 0 Å². The van der Waals surface area contributed by atoms with E-state index in [1.54, 1.807) is 6.08 Å². The van der Waals surface area contributed by atoms with E-state index >= 15 is 0 Å². The first-order chi connectivity index (χ1) is 8.52. The van der Waals surface area contributed by atoms with Gasteiger partial charge in [-0.1, -0.05) is 17.7 Å². The Morgan fingerprint density at radius 2 is 2.33 bits per heavy atom. The number of nitrogens with two attached hydrogens (primary N) is 1. The maximum atomic E-state index is 6.14. The highest BCUT2D eigenvalue weighted by Crippen LogP contribution is 2.39. The van der Waals surface area contributed by atoms with E-state index in [9.17, 15) is 0 Å². The molecule has 1 aliphatic heterocycles. The summed E-state index contributed by atoms with van der Waals surface area (Å²) in [4.78, 5) is 0. The minimum absolute atomic E-state index is 0.0144. The first-order valence-electron chi connectivity index (χ1n) is 5.98. The molecule has 0 saturated heterocycles. The van der Waals surface area contributed by atoms with E-state index in [-0.39, 0.29) is 11.6 Å². The Morgan fingerprint density at radius 3 is 3.06 bits per heavy atom. The van der Waals surface area contributed by atoms with Gasteiger partial charge in [0.1, 0.15) is 23.7 Å². The molecular formula is C14H18ClNO2. The SMILES string of the molecule is CC1(C)CC(N)c2ccc(OCC=CCl)cc2O1. The van der Waals surface area contributed by atoms with Crippen LogP contribution >= 0.6 is 11.6 Å². The normalized spacial score (nSPS) is 21.4. The summed E-state index contributed by atoms with van der Waals surface area (Å²) in [5.74, 6) is 1.57. The molecule has 1 unspecified atom stereocenters. The van der Waals surface area contributed by atoms with E-state index < -0.39 is 0 Å². The second kappa shape index (κ2) is 5.21. The highest BCUT2D eigenvalue weighted by molar-refractivity contribution is 6.25. The summed E-state index contributed by atoms with van der Waals surface area (Å²) in [6.07, 6.45) is 2.55. The second-order valence-electron chi connectivity index (χ2n) is 5.04. The van der Waals surface area contributed by atoms with Crippen molar-refractivity contribution in [1.29, 1.82) is 0 Å². The summed E-state index contributed by atoms with van der Waals surface area (Å²) in [5, 5.41) is 0. The van der Waals surface area contributed by atoms with Crippen LogP contribution in [0.15, 0.2) is 29.8 Å². The van der Waals surface area contributed by atoms with E-state index in [1.807, 2.05) is 32.0 Å². The summed E-state index contributed by atoms with van der Waals surface area (Å²) in [6.45, 7) is 4.52. The molecule has 1 aromatic carbocycles. The molecule has 1 atom stereocenters. The number of hydrogen-bond acceptors (Lipinski definition) is 3.